The summed E-state index contributed by atoms with van der Waals surface area (Å²) in [6, 6.07) is 6.96. The number of nitrogens with one attached hydrogen (secondary N) is 3. The van der Waals surface area contributed by atoms with Gasteiger partial charge in [0.25, 0.3) is 5.91 Å². The molecule has 0 unspecified atom stereocenters. The van der Waals surface area contributed by atoms with Gasteiger partial charge in [0.15, 0.2) is 0 Å². The summed E-state index contributed by atoms with van der Waals surface area (Å²) in [7, 11) is 0. The normalized spacial score (nSPS) is 15.3. The lowest BCUT2D eigenvalue weighted by Crippen LogP contribution is -2.54. The van der Waals surface area contributed by atoms with Crippen LogP contribution in [0.4, 0.5) is 0 Å². The number of amides is 2. The van der Waals surface area contributed by atoms with Crippen molar-refractivity contribution < 1.29 is 9.59 Å². The van der Waals surface area contributed by atoms with Crippen LogP contribution in [0.2, 0.25) is 0 Å². The molecule has 7 nitrogen and oxygen atoms in total. The predicted octanol–water partition coefficient (Wildman–Crippen LogP) is 1.07. The summed E-state index contributed by atoms with van der Waals surface area (Å²) in [6.07, 6.45) is 5.16. The van der Waals surface area contributed by atoms with Crippen molar-refractivity contribution in [2.45, 2.75) is 31.2 Å². The number of benzene rings is 1. The molecule has 1 aromatic carbocycles. The van der Waals surface area contributed by atoms with E-state index in [-0.39, 0.29) is 41.4 Å². The van der Waals surface area contributed by atoms with Gasteiger partial charge in [-0.2, -0.15) is 0 Å². The quantitative estimate of drug-likeness (QED) is 0.622. The Morgan fingerprint density at radius 3 is 2.58 bits per heavy atom. The first-order valence-corrected chi connectivity index (χ1v) is 8.44. The first-order chi connectivity index (χ1) is 12.0. The third-order valence-corrected chi connectivity index (χ3v) is 4.80. The Kier molecular flexibility index (Phi) is 6.39. The first-order valence-electron chi connectivity index (χ1n) is 8.44. The lowest BCUT2D eigenvalue weighted by molar-refractivity contribution is -0.121. The maximum atomic E-state index is 12.4. The molecule has 2 amide bonds. The molecule has 1 aromatic heterocycles. The average molecular weight is 379 g/mol. The van der Waals surface area contributed by atoms with Crippen molar-refractivity contribution in [2.75, 3.05) is 13.1 Å². The van der Waals surface area contributed by atoms with Gasteiger partial charge >= 0.3 is 0 Å². The molecule has 0 spiro atoms. The van der Waals surface area contributed by atoms with Gasteiger partial charge < -0.3 is 21.4 Å². The number of pyridine rings is 1. The summed E-state index contributed by atoms with van der Waals surface area (Å²) in [4.78, 5) is 39.7. The number of para-hydroxylation sites is 1. The van der Waals surface area contributed by atoms with Crippen molar-refractivity contribution in [3.05, 3.63) is 46.2 Å². The van der Waals surface area contributed by atoms with Gasteiger partial charge in [-0.05, 0) is 25.0 Å². The minimum Gasteiger partial charge on any atom is -0.360 e. The van der Waals surface area contributed by atoms with Crippen LogP contribution in [-0.2, 0) is 4.79 Å². The second-order valence-corrected chi connectivity index (χ2v) is 6.50. The van der Waals surface area contributed by atoms with Gasteiger partial charge in [0.05, 0.1) is 12.1 Å². The fourth-order valence-corrected chi connectivity index (χ4v) is 3.36. The standard InChI is InChI=1S/C18H22N4O3.ClH/c19-11-18(7-3-4-8-18)22-15(23)10-21-17(25)13-9-20-14-6-2-1-5-12(14)16(13)24;/h1-2,5-6,9H,3-4,7-8,10-11,19H2,(H,20,24)(H,21,25)(H,22,23);1H. The molecule has 1 fully saturated rings. The van der Waals surface area contributed by atoms with Crippen LogP contribution in [0, 0.1) is 0 Å². The van der Waals surface area contributed by atoms with E-state index in [1.807, 2.05) is 0 Å². The van der Waals surface area contributed by atoms with Gasteiger partial charge in [0.2, 0.25) is 11.3 Å². The highest BCUT2D eigenvalue weighted by atomic mass is 35.5. The van der Waals surface area contributed by atoms with E-state index in [9.17, 15) is 14.4 Å². The monoisotopic (exact) mass is 378 g/mol. The Balaban J connectivity index is 0.00000243. The van der Waals surface area contributed by atoms with Gasteiger partial charge in [-0.3, -0.25) is 14.4 Å². The van der Waals surface area contributed by atoms with Crippen molar-refractivity contribution in [3.63, 3.8) is 0 Å². The maximum absolute atomic E-state index is 12.4. The number of hydrogen-bond donors (Lipinski definition) is 4. The van der Waals surface area contributed by atoms with Gasteiger partial charge in [-0.25, -0.2) is 0 Å². The minimum atomic E-state index is -0.574. The van der Waals surface area contributed by atoms with Crippen LogP contribution in [0.1, 0.15) is 36.0 Å². The fraction of sp³-hybridized carbons (Fsp3) is 0.389. The van der Waals surface area contributed by atoms with E-state index in [1.165, 1.54) is 6.20 Å². The summed E-state index contributed by atoms with van der Waals surface area (Å²) >= 11 is 0. The number of aromatic nitrogens is 1. The number of nitrogens with two attached hydrogens (primary N) is 1. The predicted molar refractivity (Wildman–Crippen MR) is 103 cm³/mol. The van der Waals surface area contributed by atoms with E-state index >= 15 is 0 Å². The third-order valence-electron chi connectivity index (χ3n) is 4.80. The summed E-state index contributed by atoms with van der Waals surface area (Å²) in [5, 5.41) is 5.87. The summed E-state index contributed by atoms with van der Waals surface area (Å²) in [5.41, 5.74) is 5.72. The molecule has 0 saturated heterocycles. The number of aromatic amines is 1. The van der Waals surface area contributed by atoms with Crippen molar-refractivity contribution in [2.24, 2.45) is 5.73 Å². The molecule has 140 valence electrons. The highest BCUT2D eigenvalue weighted by Gasteiger charge is 2.33. The molecule has 1 heterocycles. The Morgan fingerprint density at radius 1 is 1.19 bits per heavy atom. The van der Waals surface area contributed by atoms with E-state index in [0.29, 0.717) is 17.4 Å². The molecular formula is C18H23ClN4O3. The fourth-order valence-electron chi connectivity index (χ4n) is 3.36. The highest BCUT2D eigenvalue weighted by Crippen LogP contribution is 2.28. The van der Waals surface area contributed by atoms with E-state index in [0.717, 1.165) is 25.7 Å². The summed E-state index contributed by atoms with van der Waals surface area (Å²) < 4.78 is 0. The second-order valence-electron chi connectivity index (χ2n) is 6.50. The smallest absolute Gasteiger partial charge is 0.257 e. The minimum absolute atomic E-state index is 0. The average Bonchev–Trinajstić information content (AvgIpc) is 3.09. The van der Waals surface area contributed by atoms with Gasteiger partial charge in [-0.1, -0.05) is 25.0 Å². The van der Waals surface area contributed by atoms with Gasteiger partial charge in [-0.15, -0.1) is 12.4 Å². The Hall–Kier alpha value is -2.38. The molecule has 0 aliphatic heterocycles. The molecule has 5 N–H and O–H groups in total. The first kappa shape index (κ1) is 19.9. The lowest BCUT2D eigenvalue weighted by Gasteiger charge is -2.28. The highest BCUT2D eigenvalue weighted by molar-refractivity contribution is 5.98. The van der Waals surface area contributed by atoms with Crippen LogP contribution in [0.5, 0.6) is 0 Å². The molecule has 1 aliphatic carbocycles. The number of halogens is 1. The topological polar surface area (TPSA) is 117 Å². The molecule has 8 heteroatoms. The lowest BCUT2D eigenvalue weighted by atomic mass is 9.98. The van der Waals surface area contributed by atoms with Crippen LogP contribution >= 0.6 is 12.4 Å². The van der Waals surface area contributed by atoms with E-state index < -0.39 is 5.91 Å². The summed E-state index contributed by atoms with van der Waals surface area (Å²) in [5.74, 6) is -0.867. The Morgan fingerprint density at radius 2 is 1.88 bits per heavy atom. The number of carbonyl (C=O) groups excluding carboxylic acids is 2. The molecule has 3 rings (SSSR count). The van der Waals surface area contributed by atoms with Crippen LogP contribution < -0.4 is 21.8 Å². The molecule has 1 aliphatic rings. The Bertz CT molecular complexity index is 859. The molecule has 0 radical (unpaired) electrons. The van der Waals surface area contributed by atoms with Gasteiger partial charge in [0.1, 0.15) is 5.56 Å². The van der Waals surface area contributed by atoms with Gasteiger partial charge in [0, 0.05) is 23.6 Å². The number of H-pyrrole nitrogens is 1. The zero-order valence-corrected chi connectivity index (χ0v) is 15.2. The molecule has 0 atom stereocenters. The van der Waals surface area contributed by atoms with Crippen molar-refractivity contribution >= 4 is 35.1 Å². The molecule has 0 bridgehead atoms. The van der Waals surface area contributed by atoms with Crippen molar-refractivity contribution in [1.82, 2.24) is 15.6 Å². The SMILES string of the molecule is Cl.NCC1(NC(=O)CNC(=O)c2c[nH]c3ccccc3c2=O)CCCC1. The number of hydrogen-bond acceptors (Lipinski definition) is 4. The van der Waals surface area contributed by atoms with Crippen molar-refractivity contribution in [1.29, 1.82) is 0 Å². The second kappa shape index (κ2) is 8.33. The zero-order valence-electron chi connectivity index (χ0n) is 14.3. The van der Waals surface area contributed by atoms with Crippen molar-refractivity contribution in [3.8, 4) is 0 Å². The molecule has 1 saturated carbocycles. The van der Waals surface area contributed by atoms with Crippen LogP contribution in [0.25, 0.3) is 10.9 Å². The molecule has 26 heavy (non-hydrogen) atoms. The van der Waals surface area contributed by atoms with Crippen LogP contribution in [0.15, 0.2) is 35.3 Å². The number of rotatable bonds is 5. The van der Waals surface area contributed by atoms with E-state index in [1.54, 1.807) is 24.3 Å². The maximum Gasteiger partial charge on any atom is 0.257 e. The van der Waals surface area contributed by atoms with Crippen LogP contribution in [-0.4, -0.2) is 35.4 Å². The molecular weight excluding hydrogens is 356 g/mol. The third kappa shape index (κ3) is 4.05. The number of carbonyl (C=O) groups is 2. The summed E-state index contributed by atoms with van der Waals surface area (Å²) in [6.45, 7) is 0.198. The zero-order chi connectivity index (χ0) is 17.9. The van der Waals surface area contributed by atoms with Crippen LogP contribution in [0.3, 0.4) is 0 Å². The largest absolute Gasteiger partial charge is 0.360 e. The van der Waals surface area contributed by atoms with E-state index in [2.05, 4.69) is 15.6 Å². The molecule has 2 aromatic rings. The van der Waals surface area contributed by atoms with E-state index in [4.69, 9.17) is 5.73 Å². The Labute approximate surface area is 157 Å². The number of fused-ring (bicyclic) bond motifs is 1.